The van der Waals surface area contributed by atoms with E-state index in [1.807, 2.05) is 31.2 Å². The van der Waals surface area contributed by atoms with E-state index in [0.29, 0.717) is 5.95 Å². The number of anilines is 1. The van der Waals surface area contributed by atoms with E-state index in [2.05, 4.69) is 15.3 Å². The van der Waals surface area contributed by atoms with Crippen molar-refractivity contribution in [3.8, 4) is 0 Å². The van der Waals surface area contributed by atoms with E-state index >= 15 is 0 Å². The maximum Gasteiger partial charge on any atom is 0.223 e. The van der Waals surface area contributed by atoms with Crippen molar-refractivity contribution in [3.63, 3.8) is 0 Å². The summed E-state index contributed by atoms with van der Waals surface area (Å²) >= 11 is 5.93. The summed E-state index contributed by atoms with van der Waals surface area (Å²) in [7, 11) is 0. The van der Waals surface area contributed by atoms with Crippen LogP contribution in [0.2, 0.25) is 5.02 Å². The Morgan fingerprint density at radius 2 is 1.94 bits per heavy atom. The van der Waals surface area contributed by atoms with Gasteiger partial charge in [-0.1, -0.05) is 23.7 Å². The number of aromatic nitrogens is 2. The van der Waals surface area contributed by atoms with E-state index in [9.17, 15) is 0 Å². The minimum Gasteiger partial charge on any atom is -0.348 e. The zero-order chi connectivity index (χ0) is 11.4. The first kappa shape index (κ1) is 10.9. The van der Waals surface area contributed by atoms with Crippen LogP contribution in [0.1, 0.15) is 18.5 Å². The van der Waals surface area contributed by atoms with Crippen molar-refractivity contribution in [2.75, 3.05) is 5.32 Å². The molecule has 82 valence electrons. The van der Waals surface area contributed by atoms with Crippen LogP contribution in [0.25, 0.3) is 0 Å². The number of benzene rings is 1. The van der Waals surface area contributed by atoms with Crippen molar-refractivity contribution in [1.82, 2.24) is 9.97 Å². The highest BCUT2D eigenvalue weighted by atomic mass is 35.5. The summed E-state index contributed by atoms with van der Waals surface area (Å²) in [6.07, 6.45) is 3.42. The topological polar surface area (TPSA) is 37.8 Å². The molecule has 1 aromatic heterocycles. The summed E-state index contributed by atoms with van der Waals surface area (Å²) in [5.74, 6) is 0.620. The Labute approximate surface area is 99.5 Å². The van der Waals surface area contributed by atoms with Gasteiger partial charge in [0, 0.05) is 17.4 Å². The monoisotopic (exact) mass is 233 g/mol. The molecule has 0 aliphatic carbocycles. The van der Waals surface area contributed by atoms with Crippen LogP contribution < -0.4 is 5.32 Å². The maximum atomic E-state index is 5.93. The molecule has 0 saturated carbocycles. The molecule has 0 aliphatic heterocycles. The normalized spacial score (nSPS) is 12.1. The molecule has 2 aromatic rings. The van der Waals surface area contributed by atoms with Crippen molar-refractivity contribution in [2.24, 2.45) is 0 Å². The van der Waals surface area contributed by atoms with Crippen molar-refractivity contribution < 1.29 is 0 Å². The van der Waals surface area contributed by atoms with Crippen LogP contribution in [0.5, 0.6) is 0 Å². The highest BCUT2D eigenvalue weighted by molar-refractivity contribution is 6.30. The predicted octanol–water partition coefficient (Wildman–Crippen LogP) is 3.30. The van der Waals surface area contributed by atoms with Crippen LogP contribution >= 0.6 is 11.6 Å². The van der Waals surface area contributed by atoms with Crippen molar-refractivity contribution in [3.05, 3.63) is 53.3 Å². The molecule has 0 bridgehead atoms. The average Bonchev–Trinajstić information content (AvgIpc) is 2.30. The Kier molecular flexibility index (Phi) is 3.37. The fourth-order valence-electron chi connectivity index (χ4n) is 1.43. The lowest BCUT2D eigenvalue weighted by molar-refractivity contribution is 0.860. The lowest BCUT2D eigenvalue weighted by atomic mass is 10.1. The number of hydrogen-bond donors (Lipinski definition) is 1. The van der Waals surface area contributed by atoms with Gasteiger partial charge in [-0.2, -0.15) is 0 Å². The summed E-state index contributed by atoms with van der Waals surface area (Å²) in [6.45, 7) is 2.04. The number of halogens is 1. The molecule has 0 amide bonds. The Hall–Kier alpha value is -1.61. The zero-order valence-corrected chi connectivity index (χ0v) is 9.65. The highest BCUT2D eigenvalue weighted by Crippen LogP contribution is 2.19. The first-order valence-corrected chi connectivity index (χ1v) is 5.42. The number of hydrogen-bond acceptors (Lipinski definition) is 3. The molecule has 1 N–H and O–H groups in total. The second kappa shape index (κ2) is 4.94. The van der Waals surface area contributed by atoms with Gasteiger partial charge in [-0.15, -0.1) is 0 Å². The summed E-state index contributed by atoms with van der Waals surface area (Å²) in [6, 6.07) is 9.66. The van der Waals surface area contributed by atoms with Gasteiger partial charge in [0.05, 0.1) is 6.04 Å². The van der Waals surface area contributed by atoms with Crippen LogP contribution in [0.15, 0.2) is 42.7 Å². The first-order valence-electron chi connectivity index (χ1n) is 5.05. The van der Waals surface area contributed by atoms with Gasteiger partial charge in [0.1, 0.15) is 0 Å². The van der Waals surface area contributed by atoms with E-state index in [4.69, 9.17) is 11.6 Å². The summed E-state index contributed by atoms with van der Waals surface area (Å²) in [5.41, 5.74) is 1.11. The average molecular weight is 234 g/mol. The number of nitrogens with one attached hydrogen (secondary N) is 1. The highest BCUT2D eigenvalue weighted by Gasteiger charge is 2.06. The molecule has 1 aromatic carbocycles. The quantitative estimate of drug-likeness (QED) is 0.884. The van der Waals surface area contributed by atoms with Gasteiger partial charge >= 0.3 is 0 Å². The molecule has 0 aliphatic rings. The van der Waals surface area contributed by atoms with Gasteiger partial charge in [-0.05, 0) is 30.7 Å². The van der Waals surface area contributed by atoms with Gasteiger partial charge < -0.3 is 5.32 Å². The van der Waals surface area contributed by atoms with Crippen LogP contribution in [-0.2, 0) is 0 Å². The third-order valence-electron chi connectivity index (χ3n) is 2.26. The molecule has 0 saturated heterocycles. The van der Waals surface area contributed by atoms with Gasteiger partial charge in [0.25, 0.3) is 0 Å². The Balaban J connectivity index is 2.12. The van der Waals surface area contributed by atoms with Crippen LogP contribution in [0.3, 0.4) is 0 Å². The van der Waals surface area contributed by atoms with E-state index in [-0.39, 0.29) is 6.04 Å². The lowest BCUT2D eigenvalue weighted by Crippen LogP contribution is -2.08. The molecule has 2 rings (SSSR count). The number of rotatable bonds is 3. The van der Waals surface area contributed by atoms with Gasteiger partial charge in [0.15, 0.2) is 0 Å². The Morgan fingerprint density at radius 3 is 2.62 bits per heavy atom. The standard InChI is InChI=1S/C12H12ClN3/c1-9(10-4-2-5-11(13)8-10)16-12-14-6-3-7-15-12/h2-9H,1H3,(H,14,15,16). The molecule has 1 atom stereocenters. The van der Waals surface area contributed by atoms with Gasteiger partial charge in [-0.25, -0.2) is 9.97 Å². The van der Waals surface area contributed by atoms with Crippen molar-refractivity contribution >= 4 is 17.5 Å². The fourth-order valence-corrected chi connectivity index (χ4v) is 1.63. The van der Waals surface area contributed by atoms with E-state index in [0.717, 1.165) is 10.6 Å². The third kappa shape index (κ3) is 2.70. The molecule has 4 heteroatoms. The maximum absolute atomic E-state index is 5.93. The second-order valence-electron chi connectivity index (χ2n) is 3.49. The Bertz CT molecular complexity index is 459. The minimum atomic E-state index is 0.126. The molecular formula is C12H12ClN3. The molecule has 0 fully saturated rings. The van der Waals surface area contributed by atoms with Gasteiger partial charge in [0.2, 0.25) is 5.95 Å². The van der Waals surface area contributed by atoms with E-state index in [1.54, 1.807) is 18.5 Å². The predicted molar refractivity (Wildman–Crippen MR) is 65.5 cm³/mol. The molecule has 0 radical (unpaired) electrons. The lowest BCUT2D eigenvalue weighted by Gasteiger charge is -2.13. The minimum absolute atomic E-state index is 0.126. The number of nitrogens with zero attached hydrogens (tertiary/aromatic N) is 2. The van der Waals surface area contributed by atoms with Crippen LogP contribution in [0.4, 0.5) is 5.95 Å². The van der Waals surface area contributed by atoms with E-state index < -0.39 is 0 Å². The SMILES string of the molecule is CC(Nc1ncccn1)c1cccc(Cl)c1. The molecule has 16 heavy (non-hydrogen) atoms. The summed E-state index contributed by atoms with van der Waals surface area (Å²) in [5, 5.41) is 3.94. The van der Waals surface area contributed by atoms with Crippen molar-refractivity contribution in [2.45, 2.75) is 13.0 Å². The van der Waals surface area contributed by atoms with Crippen LogP contribution in [0, 0.1) is 0 Å². The largest absolute Gasteiger partial charge is 0.348 e. The smallest absolute Gasteiger partial charge is 0.223 e. The molecule has 3 nitrogen and oxygen atoms in total. The van der Waals surface area contributed by atoms with Gasteiger partial charge in [-0.3, -0.25) is 0 Å². The molecule has 0 spiro atoms. The summed E-state index contributed by atoms with van der Waals surface area (Å²) < 4.78 is 0. The van der Waals surface area contributed by atoms with Crippen molar-refractivity contribution in [1.29, 1.82) is 0 Å². The Morgan fingerprint density at radius 1 is 1.19 bits per heavy atom. The fraction of sp³-hybridized carbons (Fsp3) is 0.167. The van der Waals surface area contributed by atoms with E-state index in [1.165, 1.54) is 0 Å². The molecule has 1 unspecified atom stereocenters. The van der Waals surface area contributed by atoms with Crippen LogP contribution in [-0.4, -0.2) is 9.97 Å². The first-order chi connectivity index (χ1) is 7.75. The second-order valence-corrected chi connectivity index (χ2v) is 3.93. The zero-order valence-electron chi connectivity index (χ0n) is 8.89. The molecule has 1 heterocycles. The summed E-state index contributed by atoms with van der Waals surface area (Å²) in [4.78, 5) is 8.22. The third-order valence-corrected chi connectivity index (χ3v) is 2.50. The molecular weight excluding hydrogens is 222 g/mol.